The second-order valence-corrected chi connectivity index (χ2v) is 8.89. The predicted octanol–water partition coefficient (Wildman–Crippen LogP) is 4.39. The summed E-state index contributed by atoms with van der Waals surface area (Å²) in [7, 11) is 0. The van der Waals surface area contributed by atoms with Crippen molar-refractivity contribution in [2.45, 2.75) is 11.4 Å². The lowest BCUT2D eigenvalue weighted by Crippen LogP contribution is -2.21. The molecule has 4 rings (SSSR count). The maximum atomic E-state index is 12.2. The minimum atomic E-state index is -0.177. The number of hydrogen-bond acceptors (Lipinski definition) is 5. The largest absolute Gasteiger partial charge is 0.346 e. The van der Waals surface area contributed by atoms with Gasteiger partial charge in [-0.1, -0.05) is 17.7 Å². The molecule has 4 aromatic rings. The van der Waals surface area contributed by atoms with Crippen LogP contribution in [0.3, 0.4) is 0 Å². The minimum absolute atomic E-state index is 0.0787. The van der Waals surface area contributed by atoms with Gasteiger partial charge >= 0.3 is 0 Å². The Morgan fingerprint density at radius 2 is 2.10 bits per heavy atom. The first-order valence-electron chi connectivity index (χ1n) is 8.98. The van der Waals surface area contributed by atoms with Gasteiger partial charge in [-0.2, -0.15) is 0 Å². The van der Waals surface area contributed by atoms with Crippen molar-refractivity contribution in [1.29, 1.82) is 0 Å². The molecule has 0 unspecified atom stereocenters. The molecule has 152 valence electrons. The van der Waals surface area contributed by atoms with E-state index in [9.17, 15) is 9.59 Å². The summed E-state index contributed by atoms with van der Waals surface area (Å²) < 4.78 is 4.09. The molecule has 0 aliphatic heterocycles. The molecular weight excluding hydrogens is 440 g/mol. The molecule has 0 bridgehead atoms. The van der Waals surface area contributed by atoms with Crippen LogP contribution in [-0.2, 0) is 6.54 Å². The number of thiophene rings is 1. The smallest absolute Gasteiger partial charge is 0.261 e. The molecule has 0 aliphatic carbocycles. The standard InChI is InChI=1S/C21H17ClN4O2S2/c1-29-18-10-15(26-9-3-2-4-20(26)27)5-6-16(18)25-12-14(24-13-25)11-23-21(28)17-7-8-19(22)30-17/h2-10,12-13H,11H2,1H3,(H,23,28). The maximum Gasteiger partial charge on any atom is 0.261 e. The SMILES string of the molecule is CSc1cc(-n2ccccc2=O)ccc1-n1cnc(CNC(=O)c2ccc(Cl)s2)c1. The van der Waals surface area contributed by atoms with Crippen LogP contribution in [0.5, 0.6) is 0 Å². The quantitative estimate of drug-likeness (QED) is 0.437. The van der Waals surface area contributed by atoms with Crippen LogP contribution in [-0.4, -0.2) is 26.3 Å². The number of carbonyl (C=O) groups is 1. The molecule has 1 aromatic carbocycles. The van der Waals surface area contributed by atoms with Gasteiger partial charge in [0.2, 0.25) is 0 Å². The first-order valence-corrected chi connectivity index (χ1v) is 11.4. The third kappa shape index (κ3) is 4.35. The lowest BCUT2D eigenvalue weighted by molar-refractivity contribution is 0.0954. The van der Waals surface area contributed by atoms with E-state index >= 15 is 0 Å². The lowest BCUT2D eigenvalue weighted by atomic mass is 10.2. The molecule has 0 fully saturated rings. The van der Waals surface area contributed by atoms with Crippen LogP contribution in [0.2, 0.25) is 4.34 Å². The molecular formula is C21H17ClN4O2S2. The van der Waals surface area contributed by atoms with Gasteiger partial charge in [0, 0.05) is 29.0 Å². The number of thioether (sulfide) groups is 1. The van der Waals surface area contributed by atoms with Crippen molar-refractivity contribution in [2.24, 2.45) is 0 Å². The van der Waals surface area contributed by atoms with Crippen molar-refractivity contribution >= 4 is 40.6 Å². The highest BCUT2D eigenvalue weighted by atomic mass is 35.5. The highest BCUT2D eigenvalue weighted by Gasteiger charge is 2.11. The summed E-state index contributed by atoms with van der Waals surface area (Å²) in [5.74, 6) is -0.177. The Morgan fingerprint density at radius 3 is 2.83 bits per heavy atom. The monoisotopic (exact) mass is 456 g/mol. The van der Waals surface area contributed by atoms with E-state index in [0.29, 0.717) is 15.8 Å². The summed E-state index contributed by atoms with van der Waals surface area (Å²) in [5.41, 5.74) is 2.41. The van der Waals surface area contributed by atoms with Gasteiger partial charge in [-0.05, 0) is 42.7 Å². The summed E-state index contributed by atoms with van der Waals surface area (Å²) >= 11 is 8.71. The predicted molar refractivity (Wildman–Crippen MR) is 121 cm³/mol. The Bertz CT molecular complexity index is 1260. The molecule has 0 spiro atoms. The number of nitrogens with zero attached hydrogens (tertiary/aromatic N) is 3. The second kappa shape index (κ2) is 8.91. The van der Waals surface area contributed by atoms with Gasteiger partial charge in [-0.3, -0.25) is 14.2 Å². The van der Waals surface area contributed by atoms with E-state index < -0.39 is 0 Å². The second-order valence-electron chi connectivity index (χ2n) is 6.32. The van der Waals surface area contributed by atoms with Crippen LogP contribution in [0.25, 0.3) is 11.4 Å². The van der Waals surface area contributed by atoms with Gasteiger partial charge in [0.1, 0.15) is 0 Å². The molecule has 3 heterocycles. The Balaban J connectivity index is 1.53. The molecule has 6 nitrogen and oxygen atoms in total. The van der Waals surface area contributed by atoms with E-state index in [2.05, 4.69) is 10.3 Å². The van der Waals surface area contributed by atoms with E-state index in [1.165, 1.54) is 17.4 Å². The average Bonchev–Trinajstić information content (AvgIpc) is 3.41. The van der Waals surface area contributed by atoms with Gasteiger partial charge in [0.15, 0.2) is 0 Å². The van der Waals surface area contributed by atoms with E-state index in [4.69, 9.17) is 11.6 Å². The summed E-state index contributed by atoms with van der Waals surface area (Å²) in [6.45, 7) is 0.313. The summed E-state index contributed by atoms with van der Waals surface area (Å²) in [4.78, 5) is 30.3. The van der Waals surface area contributed by atoms with Gasteiger partial charge in [-0.15, -0.1) is 23.1 Å². The van der Waals surface area contributed by atoms with E-state index in [-0.39, 0.29) is 11.5 Å². The fourth-order valence-electron chi connectivity index (χ4n) is 2.95. The van der Waals surface area contributed by atoms with Gasteiger partial charge in [-0.25, -0.2) is 4.98 Å². The lowest BCUT2D eigenvalue weighted by Gasteiger charge is -2.12. The zero-order valence-electron chi connectivity index (χ0n) is 15.9. The van der Waals surface area contributed by atoms with Crippen molar-refractivity contribution in [3.8, 4) is 11.4 Å². The van der Waals surface area contributed by atoms with Crippen LogP contribution in [0.1, 0.15) is 15.4 Å². The third-order valence-electron chi connectivity index (χ3n) is 4.41. The Labute approximate surface area is 186 Å². The first-order chi connectivity index (χ1) is 14.5. The summed E-state index contributed by atoms with van der Waals surface area (Å²) in [6.07, 6.45) is 7.33. The molecule has 30 heavy (non-hydrogen) atoms. The fraction of sp³-hybridized carbons (Fsp3) is 0.0952. The Kier molecular flexibility index (Phi) is 6.08. The third-order valence-corrected chi connectivity index (χ3v) is 6.40. The van der Waals surface area contributed by atoms with Crippen LogP contribution in [0, 0.1) is 0 Å². The number of amides is 1. The van der Waals surface area contributed by atoms with Gasteiger partial charge < -0.3 is 9.88 Å². The highest BCUT2D eigenvalue weighted by Crippen LogP contribution is 2.27. The zero-order valence-corrected chi connectivity index (χ0v) is 18.3. The van der Waals surface area contributed by atoms with Crippen LogP contribution in [0.15, 0.2) is 76.9 Å². The first kappa shape index (κ1) is 20.5. The van der Waals surface area contributed by atoms with Crippen molar-refractivity contribution in [3.63, 3.8) is 0 Å². The molecule has 0 saturated heterocycles. The fourth-order valence-corrected chi connectivity index (χ4v) is 4.53. The number of carbonyl (C=O) groups excluding carboxylic acids is 1. The molecule has 1 amide bonds. The van der Waals surface area contributed by atoms with E-state index in [1.807, 2.05) is 41.3 Å². The molecule has 0 radical (unpaired) electrons. The zero-order chi connectivity index (χ0) is 21.1. The highest BCUT2D eigenvalue weighted by molar-refractivity contribution is 7.98. The van der Waals surface area contributed by atoms with Gasteiger partial charge in [0.25, 0.3) is 11.5 Å². The van der Waals surface area contributed by atoms with E-state index in [1.54, 1.807) is 47.1 Å². The normalized spacial score (nSPS) is 10.9. The molecule has 3 aromatic heterocycles. The number of rotatable bonds is 6. The van der Waals surface area contributed by atoms with Crippen molar-refractivity contribution in [1.82, 2.24) is 19.4 Å². The summed E-state index contributed by atoms with van der Waals surface area (Å²) in [6, 6.07) is 14.3. The minimum Gasteiger partial charge on any atom is -0.346 e. The molecule has 9 heteroatoms. The molecule has 0 aliphatic rings. The van der Waals surface area contributed by atoms with Gasteiger partial charge in [0.05, 0.1) is 33.5 Å². The summed E-state index contributed by atoms with van der Waals surface area (Å²) in [5, 5.41) is 2.85. The number of imidazole rings is 1. The Morgan fingerprint density at radius 1 is 1.23 bits per heavy atom. The van der Waals surface area contributed by atoms with Crippen LogP contribution < -0.4 is 10.9 Å². The number of hydrogen-bond donors (Lipinski definition) is 1. The molecule has 1 N–H and O–H groups in total. The van der Waals surface area contributed by atoms with Crippen molar-refractivity contribution < 1.29 is 4.79 Å². The van der Waals surface area contributed by atoms with Crippen molar-refractivity contribution in [2.75, 3.05) is 6.26 Å². The molecule has 0 atom stereocenters. The maximum absolute atomic E-state index is 12.2. The number of halogens is 1. The molecule has 0 saturated carbocycles. The van der Waals surface area contributed by atoms with E-state index in [0.717, 1.165) is 22.0 Å². The number of benzene rings is 1. The van der Waals surface area contributed by atoms with Crippen molar-refractivity contribution in [3.05, 3.63) is 92.5 Å². The number of aromatic nitrogens is 3. The Hall–Kier alpha value is -2.81. The topological polar surface area (TPSA) is 68.9 Å². The average molecular weight is 457 g/mol. The van der Waals surface area contributed by atoms with Crippen LogP contribution in [0.4, 0.5) is 0 Å². The number of pyridine rings is 1. The number of nitrogens with one attached hydrogen (secondary N) is 1. The van der Waals surface area contributed by atoms with Crippen LogP contribution >= 0.6 is 34.7 Å².